The lowest BCUT2D eigenvalue weighted by atomic mass is 10.0. The highest BCUT2D eigenvalue weighted by Gasteiger charge is 2.34. The molecule has 0 amide bonds. The van der Waals surface area contributed by atoms with Gasteiger partial charge in [-0.25, -0.2) is 9.78 Å². The number of aryl methyl sites for hydroxylation is 2. The number of aromatic amines is 1. The molecule has 0 radical (unpaired) electrons. The second kappa shape index (κ2) is 7.14. The number of aliphatic hydroxyl groups is 1. The van der Waals surface area contributed by atoms with Gasteiger partial charge in [0.25, 0.3) is 0 Å². The first-order chi connectivity index (χ1) is 12.4. The maximum atomic E-state index is 11.8. The summed E-state index contributed by atoms with van der Waals surface area (Å²) in [6.07, 6.45) is 0.101. The number of aliphatic hydroxyl groups excluding tert-OH is 1. The van der Waals surface area contributed by atoms with Gasteiger partial charge in [-0.3, -0.25) is 5.10 Å². The van der Waals surface area contributed by atoms with E-state index in [9.17, 15) is 15.2 Å². The van der Waals surface area contributed by atoms with E-state index in [2.05, 4.69) is 21.3 Å². The van der Waals surface area contributed by atoms with E-state index < -0.39 is 12.1 Å². The molecule has 0 aromatic carbocycles. The van der Waals surface area contributed by atoms with Gasteiger partial charge in [-0.1, -0.05) is 0 Å². The summed E-state index contributed by atoms with van der Waals surface area (Å²) < 4.78 is 4.73. The molecule has 2 atom stereocenters. The largest absolute Gasteiger partial charge is 0.465 e. The number of nitrogens with one attached hydrogen (secondary N) is 1. The molecule has 0 spiro atoms. The van der Waals surface area contributed by atoms with Crippen molar-refractivity contribution in [3.05, 3.63) is 40.3 Å². The predicted molar refractivity (Wildman–Crippen MR) is 93.8 cm³/mol. The number of aromatic nitrogens is 3. The number of nitrogens with zero attached hydrogens (tertiary/aromatic N) is 4. The molecule has 0 aliphatic carbocycles. The van der Waals surface area contributed by atoms with Gasteiger partial charge in [0.1, 0.15) is 11.9 Å². The van der Waals surface area contributed by atoms with Crippen molar-refractivity contribution < 1.29 is 14.6 Å². The lowest BCUT2D eigenvalue weighted by molar-refractivity contribution is 0.0599. The molecule has 1 saturated heterocycles. The fourth-order valence-corrected chi connectivity index (χ4v) is 3.31. The van der Waals surface area contributed by atoms with Gasteiger partial charge >= 0.3 is 5.97 Å². The molecule has 2 aromatic rings. The number of rotatable bonds is 4. The Kier molecular flexibility index (Phi) is 4.91. The van der Waals surface area contributed by atoms with Crippen molar-refractivity contribution >= 4 is 11.8 Å². The molecule has 26 heavy (non-hydrogen) atoms. The second-order valence-electron chi connectivity index (χ2n) is 6.57. The Morgan fingerprint density at radius 1 is 1.46 bits per heavy atom. The second-order valence-corrected chi connectivity index (χ2v) is 6.57. The molecule has 0 saturated carbocycles. The van der Waals surface area contributed by atoms with E-state index >= 15 is 0 Å². The fraction of sp³-hybridized carbons (Fsp3) is 0.444. The van der Waals surface area contributed by atoms with E-state index in [-0.39, 0.29) is 11.5 Å². The molecule has 2 aromatic heterocycles. The number of ether oxygens (including phenoxy) is 1. The van der Waals surface area contributed by atoms with Crippen molar-refractivity contribution in [2.24, 2.45) is 5.92 Å². The quantitative estimate of drug-likeness (QED) is 0.790. The Morgan fingerprint density at radius 3 is 2.85 bits per heavy atom. The van der Waals surface area contributed by atoms with E-state index in [4.69, 9.17) is 4.74 Å². The standard InChI is InChI=1S/C18H21N5O3/c1-10-4-14(22-21-10)5-13-8-23(9-16(13)24)17-12(7-19)6-15(11(2)20-17)18(25)26-3/h4,6,13,16,24H,5,8-9H2,1-3H3,(H,21,22)/t13-,16+/m1/s1. The Hall–Kier alpha value is -2.92. The van der Waals surface area contributed by atoms with Crippen LogP contribution in [0.15, 0.2) is 12.1 Å². The molecular formula is C18H21N5O3. The van der Waals surface area contributed by atoms with Crippen LogP contribution in [0.25, 0.3) is 0 Å². The van der Waals surface area contributed by atoms with Gasteiger partial charge in [0.15, 0.2) is 0 Å². The molecule has 8 nitrogen and oxygen atoms in total. The van der Waals surface area contributed by atoms with Gasteiger partial charge in [0, 0.05) is 24.7 Å². The minimum Gasteiger partial charge on any atom is -0.465 e. The molecule has 136 valence electrons. The molecule has 2 N–H and O–H groups in total. The summed E-state index contributed by atoms with van der Waals surface area (Å²) in [6.45, 7) is 4.58. The number of hydrogen-bond acceptors (Lipinski definition) is 7. The zero-order valence-electron chi connectivity index (χ0n) is 15.0. The Labute approximate surface area is 151 Å². The SMILES string of the molecule is COC(=O)c1cc(C#N)c(N2C[C@@H](Cc3cc(C)[nH]n3)[C@@H](O)C2)nc1C. The number of carbonyl (C=O) groups excluding carboxylic acids is 1. The third-order valence-electron chi connectivity index (χ3n) is 4.66. The highest BCUT2D eigenvalue weighted by Crippen LogP contribution is 2.29. The van der Waals surface area contributed by atoms with Crippen molar-refractivity contribution in [3.63, 3.8) is 0 Å². The molecule has 0 unspecified atom stereocenters. The molecule has 3 rings (SSSR count). The van der Waals surface area contributed by atoms with Crippen LogP contribution in [0.4, 0.5) is 5.82 Å². The molecule has 1 aliphatic rings. The van der Waals surface area contributed by atoms with Gasteiger partial charge in [-0.15, -0.1) is 0 Å². The van der Waals surface area contributed by atoms with Crippen LogP contribution in [0.1, 0.15) is 33.0 Å². The van der Waals surface area contributed by atoms with E-state index in [0.717, 1.165) is 11.4 Å². The van der Waals surface area contributed by atoms with Crippen molar-refractivity contribution in [2.45, 2.75) is 26.4 Å². The van der Waals surface area contributed by atoms with Gasteiger partial charge in [-0.05, 0) is 32.4 Å². The summed E-state index contributed by atoms with van der Waals surface area (Å²) in [5, 5.41) is 27.0. The lowest BCUT2D eigenvalue weighted by Crippen LogP contribution is -2.24. The molecule has 1 fully saturated rings. The zero-order valence-corrected chi connectivity index (χ0v) is 15.0. The number of nitriles is 1. The number of carbonyl (C=O) groups is 1. The summed E-state index contributed by atoms with van der Waals surface area (Å²) >= 11 is 0. The van der Waals surface area contributed by atoms with Crippen molar-refractivity contribution in [2.75, 3.05) is 25.1 Å². The number of H-pyrrole nitrogens is 1. The topological polar surface area (TPSA) is 115 Å². The van der Waals surface area contributed by atoms with Crippen molar-refractivity contribution in [1.29, 1.82) is 5.26 Å². The number of β-amino-alcohol motifs (C(OH)–C–C–N with tert-alkyl or cyclic N) is 1. The minimum absolute atomic E-state index is 0.00775. The molecule has 1 aliphatic heterocycles. The van der Waals surface area contributed by atoms with Crippen LogP contribution < -0.4 is 4.90 Å². The highest BCUT2D eigenvalue weighted by atomic mass is 16.5. The fourth-order valence-electron chi connectivity index (χ4n) is 3.31. The number of anilines is 1. The summed E-state index contributed by atoms with van der Waals surface area (Å²) in [5.74, 6) is -0.0460. The van der Waals surface area contributed by atoms with Gasteiger partial charge in [0.2, 0.25) is 0 Å². The van der Waals surface area contributed by atoms with E-state index in [0.29, 0.717) is 36.6 Å². The first-order valence-corrected chi connectivity index (χ1v) is 8.37. The maximum Gasteiger partial charge on any atom is 0.339 e. The van der Waals surface area contributed by atoms with E-state index in [1.54, 1.807) is 6.92 Å². The highest BCUT2D eigenvalue weighted by molar-refractivity contribution is 5.91. The van der Waals surface area contributed by atoms with Crippen molar-refractivity contribution in [1.82, 2.24) is 15.2 Å². The van der Waals surface area contributed by atoms with Gasteiger partial charge in [0.05, 0.1) is 35.7 Å². The lowest BCUT2D eigenvalue weighted by Gasteiger charge is -2.19. The minimum atomic E-state index is -0.541. The smallest absolute Gasteiger partial charge is 0.339 e. The van der Waals surface area contributed by atoms with Crippen LogP contribution in [0.2, 0.25) is 0 Å². The monoisotopic (exact) mass is 355 g/mol. The first kappa shape index (κ1) is 17.9. The van der Waals surface area contributed by atoms with Crippen LogP contribution in [0.3, 0.4) is 0 Å². The number of pyridine rings is 1. The van der Waals surface area contributed by atoms with Crippen LogP contribution >= 0.6 is 0 Å². The van der Waals surface area contributed by atoms with E-state index in [1.807, 2.05) is 17.9 Å². The Morgan fingerprint density at radius 2 is 2.23 bits per heavy atom. The average molecular weight is 355 g/mol. The normalized spacial score (nSPS) is 19.4. The number of esters is 1. The number of methoxy groups -OCH3 is 1. The van der Waals surface area contributed by atoms with Crippen molar-refractivity contribution in [3.8, 4) is 6.07 Å². The van der Waals surface area contributed by atoms with Gasteiger partial charge < -0.3 is 14.7 Å². The molecule has 8 heteroatoms. The van der Waals surface area contributed by atoms with Crippen LogP contribution in [-0.4, -0.2) is 52.6 Å². The van der Waals surface area contributed by atoms with Crippen LogP contribution in [0.5, 0.6) is 0 Å². The number of hydrogen-bond donors (Lipinski definition) is 2. The van der Waals surface area contributed by atoms with E-state index in [1.165, 1.54) is 13.2 Å². The van der Waals surface area contributed by atoms with Crippen LogP contribution in [-0.2, 0) is 11.2 Å². The maximum absolute atomic E-state index is 11.8. The average Bonchev–Trinajstić information content (AvgIpc) is 3.20. The van der Waals surface area contributed by atoms with Gasteiger partial charge in [-0.2, -0.15) is 10.4 Å². The summed E-state index contributed by atoms with van der Waals surface area (Å²) in [7, 11) is 1.29. The molecule has 0 bridgehead atoms. The first-order valence-electron chi connectivity index (χ1n) is 8.37. The zero-order chi connectivity index (χ0) is 18.8. The Bertz CT molecular complexity index is 870. The molecular weight excluding hydrogens is 334 g/mol. The van der Waals surface area contributed by atoms with Crippen LogP contribution in [0, 0.1) is 31.1 Å². The summed E-state index contributed by atoms with van der Waals surface area (Å²) in [5.41, 5.74) is 2.94. The third kappa shape index (κ3) is 3.39. The summed E-state index contributed by atoms with van der Waals surface area (Å²) in [6, 6.07) is 5.55. The Balaban J connectivity index is 1.84. The predicted octanol–water partition coefficient (Wildman–Crippen LogP) is 1.12. The summed E-state index contributed by atoms with van der Waals surface area (Å²) in [4.78, 5) is 18.1. The third-order valence-corrected chi connectivity index (χ3v) is 4.66. The molecule has 3 heterocycles.